The molecule has 0 unspecified atom stereocenters. The molecule has 0 spiro atoms. The van der Waals surface area contributed by atoms with Gasteiger partial charge in [-0.1, -0.05) is 23.7 Å². The first kappa shape index (κ1) is 23.8. The van der Waals surface area contributed by atoms with E-state index in [2.05, 4.69) is 26.3 Å². The number of anilines is 2. The fourth-order valence-electron chi connectivity index (χ4n) is 3.82. The maximum absolute atomic E-state index is 11.4. The molecule has 0 aliphatic rings. The van der Waals surface area contributed by atoms with E-state index in [4.69, 9.17) is 27.3 Å². The van der Waals surface area contributed by atoms with Gasteiger partial charge in [-0.25, -0.2) is 4.98 Å². The van der Waals surface area contributed by atoms with E-state index in [0.717, 1.165) is 16.7 Å². The number of hydrogen-bond acceptors (Lipinski definition) is 7. The summed E-state index contributed by atoms with van der Waals surface area (Å²) in [6, 6.07) is 19.7. The third kappa shape index (κ3) is 4.78. The quantitative estimate of drug-likeness (QED) is 0.309. The number of carbonyl (C=O) groups excluding carboxylic acids is 1. The fourth-order valence-corrected chi connectivity index (χ4v) is 4.12. The van der Waals surface area contributed by atoms with Crippen LogP contribution in [0.5, 0.6) is 11.6 Å². The summed E-state index contributed by atoms with van der Waals surface area (Å²) in [5.74, 6) is 0.499. The lowest BCUT2D eigenvalue weighted by Gasteiger charge is -2.14. The molecule has 0 bridgehead atoms. The minimum atomic E-state index is -0.483. The van der Waals surface area contributed by atoms with Crippen molar-refractivity contribution in [3.63, 3.8) is 0 Å². The Labute approximate surface area is 217 Å². The van der Waals surface area contributed by atoms with Crippen molar-refractivity contribution in [2.75, 3.05) is 5.32 Å². The van der Waals surface area contributed by atoms with Gasteiger partial charge in [-0.05, 0) is 72.1 Å². The van der Waals surface area contributed by atoms with Crippen molar-refractivity contribution in [1.29, 1.82) is 5.26 Å². The van der Waals surface area contributed by atoms with Crippen molar-refractivity contribution < 1.29 is 9.53 Å². The highest BCUT2D eigenvalue weighted by atomic mass is 35.5. The van der Waals surface area contributed by atoms with Crippen LogP contribution in [-0.2, 0) is 7.05 Å². The highest BCUT2D eigenvalue weighted by Crippen LogP contribution is 2.38. The Morgan fingerprint density at radius 2 is 1.81 bits per heavy atom. The molecule has 182 valence electrons. The highest BCUT2D eigenvalue weighted by molar-refractivity contribution is 6.32. The summed E-state index contributed by atoms with van der Waals surface area (Å²) in [4.78, 5) is 24.9. The van der Waals surface area contributed by atoms with Gasteiger partial charge < -0.3 is 20.4 Å². The smallest absolute Gasteiger partial charge is 0.252 e. The van der Waals surface area contributed by atoms with Crippen LogP contribution in [0.3, 0.4) is 0 Å². The second kappa shape index (κ2) is 9.60. The molecular formula is C27H20ClN7O2. The summed E-state index contributed by atoms with van der Waals surface area (Å²) in [6.45, 7) is 1.88. The molecule has 10 heteroatoms. The lowest BCUT2D eigenvalue weighted by atomic mass is 10.0. The average molecular weight is 510 g/mol. The molecule has 0 aliphatic heterocycles. The van der Waals surface area contributed by atoms with Gasteiger partial charge in [0, 0.05) is 18.3 Å². The van der Waals surface area contributed by atoms with Crippen molar-refractivity contribution in [2.24, 2.45) is 12.8 Å². The standard InChI is InChI=1S/C27H20ClN7O2/c1-15-11-19(17-5-7-18(8-6-17)24(30)36)12-21(28)23(15)37-26-22-25(35(2)14-31-22)33-27(34-26)32-20-9-3-16(13-29)4-10-20/h3-12,14H,1-2H3,(H2,30,36)(H,32,33,34). The maximum atomic E-state index is 11.4. The van der Waals surface area contributed by atoms with Gasteiger partial charge in [0.15, 0.2) is 16.9 Å². The number of ether oxygens (including phenoxy) is 1. The Balaban J connectivity index is 1.49. The van der Waals surface area contributed by atoms with E-state index in [9.17, 15) is 4.79 Å². The number of imidazole rings is 1. The van der Waals surface area contributed by atoms with Crippen LogP contribution in [0.1, 0.15) is 21.5 Å². The van der Waals surface area contributed by atoms with E-state index >= 15 is 0 Å². The number of nitrogens with one attached hydrogen (secondary N) is 1. The SMILES string of the molecule is Cc1cc(-c2ccc(C(N)=O)cc2)cc(Cl)c1Oc1nc(Nc2ccc(C#N)cc2)nc2c1ncn2C. The maximum Gasteiger partial charge on any atom is 0.252 e. The monoisotopic (exact) mass is 509 g/mol. The summed E-state index contributed by atoms with van der Waals surface area (Å²) in [6.07, 6.45) is 1.63. The van der Waals surface area contributed by atoms with Crippen molar-refractivity contribution in [3.8, 4) is 28.8 Å². The van der Waals surface area contributed by atoms with Crippen molar-refractivity contribution >= 4 is 40.3 Å². The average Bonchev–Trinajstić information content (AvgIpc) is 3.27. The predicted molar refractivity (Wildman–Crippen MR) is 141 cm³/mol. The van der Waals surface area contributed by atoms with Crippen LogP contribution in [-0.4, -0.2) is 25.4 Å². The van der Waals surface area contributed by atoms with Gasteiger partial charge >= 0.3 is 0 Å². The molecule has 0 aliphatic carbocycles. The second-order valence-electron chi connectivity index (χ2n) is 8.34. The predicted octanol–water partition coefficient (Wildman–Crippen LogP) is 5.50. The molecule has 3 N–H and O–H groups in total. The molecule has 2 aromatic heterocycles. The lowest BCUT2D eigenvalue weighted by molar-refractivity contribution is 0.100. The van der Waals surface area contributed by atoms with Crippen LogP contribution in [0.2, 0.25) is 5.02 Å². The molecular weight excluding hydrogens is 490 g/mol. The van der Waals surface area contributed by atoms with E-state index < -0.39 is 5.91 Å². The van der Waals surface area contributed by atoms with Crippen molar-refractivity contribution in [2.45, 2.75) is 6.92 Å². The molecule has 0 fully saturated rings. The Morgan fingerprint density at radius 3 is 2.46 bits per heavy atom. The van der Waals surface area contributed by atoms with E-state index in [1.807, 2.05) is 32.2 Å². The summed E-state index contributed by atoms with van der Waals surface area (Å²) < 4.78 is 7.98. The fraction of sp³-hybridized carbons (Fsp3) is 0.0741. The molecule has 3 aromatic carbocycles. The Kier molecular flexibility index (Phi) is 6.17. The number of nitrogens with two attached hydrogens (primary N) is 1. The van der Waals surface area contributed by atoms with Gasteiger partial charge in [0.05, 0.1) is 23.0 Å². The first-order valence-corrected chi connectivity index (χ1v) is 11.5. The molecule has 1 amide bonds. The first-order chi connectivity index (χ1) is 17.8. The molecule has 0 atom stereocenters. The van der Waals surface area contributed by atoms with E-state index in [-0.39, 0.29) is 5.88 Å². The second-order valence-corrected chi connectivity index (χ2v) is 8.75. The van der Waals surface area contributed by atoms with E-state index in [0.29, 0.717) is 44.7 Å². The largest absolute Gasteiger partial charge is 0.435 e. The minimum Gasteiger partial charge on any atom is -0.435 e. The van der Waals surface area contributed by atoms with Gasteiger partial charge in [-0.2, -0.15) is 15.2 Å². The van der Waals surface area contributed by atoms with Crippen LogP contribution in [0.4, 0.5) is 11.6 Å². The Morgan fingerprint density at radius 1 is 1.08 bits per heavy atom. The van der Waals surface area contributed by atoms with Crippen LogP contribution < -0.4 is 15.8 Å². The number of carbonyl (C=O) groups is 1. The number of rotatable bonds is 6. The lowest BCUT2D eigenvalue weighted by Crippen LogP contribution is -2.10. The summed E-state index contributed by atoms with van der Waals surface area (Å²) in [7, 11) is 1.83. The normalized spacial score (nSPS) is 10.8. The zero-order valence-corrected chi connectivity index (χ0v) is 20.6. The van der Waals surface area contributed by atoms with Crippen LogP contribution in [0.15, 0.2) is 67.0 Å². The molecule has 5 aromatic rings. The number of halogens is 1. The van der Waals surface area contributed by atoms with Crippen LogP contribution in [0, 0.1) is 18.3 Å². The van der Waals surface area contributed by atoms with Gasteiger partial charge in [0.25, 0.3) is 5.88 Å². The Hall–Kier alpha value is -4.94. The summed E-state index contributed by atoms with van der Waals surface area (Å²) in [5, 5.41) is 12.6. The number of nitriles is 1. The van der Waals surface area contributed by atoms with Crippen molar-refractivity contribution in [3.05, 3.63) is 88.7 Å². The molecule has 2 heterocycles. The zero-order chi connectivity index (χ0) is 26.1. The molecule has 5 rings (SSSR count). The van der Waals surface area contributed by atoms with Crippen LogP contribution >= 0.6 is 11.6 Å². The first-order valence-electron chi connectivity index (χ1n) is 11.2. The zero-order valence-electron chi connectivity index (χ0n) is 19.9. The number of hydrogen-bond donors (Lipinski definition) is 2. The number of primary amides is 1. The van der Waals surface area contributed by atoms with E-state index in [1.54, 1.807) is 53.4 Å². The van der Waals surface area contributed by atoms with Gasteiger partial charge in [0.2, 0.25) is 11.9 Å². The number of nitrogens with zero attached hydrogens (tertiary/aromatic N) is 5. The molecule has 0 radical (unpaired) electrons. The number of benzene rings is 3. The number of aryl methyl sites for hydroxylation is 2. The molecule has 9 nitrogen and oxygen atoms in total. The van der Waals surface area contributed by atoms with Crippen molar-refractivity contribution in [1.82, 2.24) is 19.5 Å². The highest BCUT2D eigenvalue weighted by Gasteiger charge is 2.18. The third-order valence-corrected chi connectivity index (χ3v) is 6.01. The number of fused-ring (bicyclic) bond motifs is 1. The minimum absolute atomic E-state index is 0.241. The molecule has 0 saturated carbocycles. The van der Waals surface area contributed by atoms with Gasteiger partial charge in [0.1, 0.15) is 0 Å². The van der Waals surface area contributed by atoms with E-state index in [1.165, 1.54) is 0 Å². The molecule has 37 heavy (non-hydrogen) atoms. The van der Waals surface area contributed by atoms with Gasteiger partial charge in [-0.15, -0.1) is 0 Å². The molecule has 0 saturated heterocycles. The number of amides is 1. The van der Waals surface area contributed by atoms with Gasteiger partial charge in [-0.3, -0.25) is 4.79 Å². The third-order valence-electron chi connectivity index (χ3n) is 5.73. The number of aromatic nitrogens is 4. The topological polar surface area (TPSA) is 132 Å². The summed E-state index contributed by atoms with van der Waals surface area (Å²) in [5.41, 5.74) is 10.6. The summed E-state index contributed by atoms with van der Waals surface area (Å²) >= 11 is 6.66. The van der Waals surface area contributed by atoms with Crippen LogP contribution in [0.25, 0.3) is 22.3 Å². The Bertz CT molecular complexity index is 1660.